The molecule has 114 valence electrons. The Hall–Kier alpha value is -0.400. The molecule has 0 radical (unpaired) electrons. The molecular weight excluding hydrogens is 296 g/mol. The van der Waals surface area contributed by atoms with Gasteiger partial charge in [0.15, 0.2) is 0 Å². The molecule has 2 saturated heterocycles. The second-order valence-electron chi connectivity index (χ2n) is 6.41. The van der Waals surface area contributed by atoms with E-state index in [1.807, 2.05) is 27.0 Å². The average molecular weight is 318 g/mol. The highest BCUT2D eigenvalue weighted by molar-refractivity contribution is 8.00. The third kappa shape index (κ3) is 2.80. The summed E-state index contributed by atoms with van der Waals surface area (Å²) in [6.07, 6.45) is 1.96. The van der Waals surface area contributed by atoms with Gasteiger partial charge in [-0.15, -0.1) is 11.8 Å². The fourth-order valence-electron chi connectivity index (χ4n) is 2.46. The zero-order valence-corrected chi connectivity index (χ0v) is 14.0. The maximum Gasteiger partial charge on any atom is 0.316 e. The van der Waals surface area contributed by atoms with E-state index in [9.17, 15) is 9.59 Å². The summed E-state index contributed by atoms with van der Waals surface area (Å²) in [7, 11) is 0. The van der Waals surface area contributed by atoms with Gasteiger partial charge < -0.3 is 15.4 Å². The van der Waals surface area contributed by atoms with Gasteiger partial charge in [-0.2, -0.15) is 11.8 Å². The summed E-state index contributed by atoms with van der Waals surface area (Å²) in [6, 6.07) is -0.411. The third-order valence-corrected chi connectivity index (χ3v) is 5.89. The van der Waals surface area contributed by atoms with Crippen molar-refractivity contribution in [1.29, 1.82) is 0 Å². The van der Waals surface area contributed by atoms with Crippen molar-refractivity contribution >= 4 is 35.4 Å². The van der Waals surface area contributed by atoms with Gasteiger partial charge in [0.25, 0.3) is 0 Å². The van der Waals surface area contributed by atoms with Crippen LogP contribution in [0.2, 0.25) is 0 Å². The van der Waals surface area contributed by atoms with Crippen molar-refractivity contribution in [3.05, 3.63) is 0 Å². The van der Waals surface area contributed by atoms with Crippen molar-refractivity contribution in [2.45, 2.75) is 37.8 Å². The van der Waals surface area contributed by atoms with E-state index in [-0.39, 0.29) is 17.3 Å². The lowest BCUT2D eigenvalue weighted by Crippen LogP contribution is -2.72. The first-order valence-corrected chi connectivity index (χ1v) is 9.04. The number of fused-ring (bicyclic) bond motifs is 1. The third-order valence-electron chi connectivity index (χ3n) is 3.44. The molecule has 0 spiro atoms. The Morgan fingerprint density at radius 1 is 1.60 bits per heavy atom. The Balaban J connectivity index is 2.15. The van der Waals surface area contributed by atoms with Gasteiger partial charge in [0.05, 0.1) is 0 Å². The maximum atomic E-state index is 12.6. The van der Waals surface area contributed by atoms with Gasteiger partial charge in [-0.05, 0) is 27.0 Å². The molecule has 7 heteroatoms. The number of β-lactam (4-membered cyclic amide) rings is 1. The molecule has 2 aliphatic heterocycles. The summed E-state index contributed by atoms with van der Waals surface area (Å²) in [6.45, 7) is 6.01. The van der Waals surface area contributed by atoms with E-state index in [0.29, 0.717) is 18.1 Å². The number of carbonyl (C=O) groups is 2. The van der Waals surface area contributed by atoms with Crippen LogP contribution in [0.1, 0.15) is 20.8 Å². The van der Waals surface area contributed by atoms with Crippen LogP contribution in [0, 0.1) is 5.41 Å². The van der Waals surface area contributed by atoms with Crippen molar-refractivity contribution < 1.29 is 14.3 Å². The Morgan fingerprint density at radius 2 is 2.25 bits per heavy atom. The number of hydrogen-bond donors (Lipinski definition) is 1. The lowest BCUT2D eigenvalue weighted by Gasteiger charge is -2.53. The standard InChI is InChI=1S/C13H22N2O3S2/c1-12(2,3)18-11(17)13(6-19-4)5-15-9(16)8(14)10(15)20-7-13/h8,10H,5-7,14H2,1-4H3/t8?,10-,13?/m1/s1. The zero-order chi connectivity index (χ0) is 15.1. The summed E-state index contributed by atoms with van der Waals surface area (Å²) >= 11 is 3.20. The number of nitrogens with two attached hydrogens (primary N) is 1. The highest BCUT2D eigenvalue weighted by Crippen LogP contribution is 2.43. The predicted octanol–water partition coefficient (Wildman–Crippen LogP) is 0.920. The fourth-order valence-corrected chi connectivity index (χ4v) is 4.94. The molecule has 20 heavy (non-hydrogen) atoms. The molecule has 2 heterocycles. The first kappa shape index (κ1) is 16.0. The van der Waals surface area contributed by atoms with Gasteiger partial charge in [-0.25, -0.2) is 0 Å². The van der Waals surface area contributed by atoms with E-state index in [4.69, 9.17) is 10.5 Å². The number of hydrogen-bond acceptors (Lipinski definition) is 6. The quantitative estimate of drug-likeness (QED) is 0.616. The summed E-state index contributed by atoms with van der Waals surface area (Å²) < 4.78 is 5.57. The Bertz CT molecular complexity index is 424. The Labute approximate surface area is 128 Å². The van der Waals surface area contributed by atoms with Crippen LogP contribution < -0.4 is 5.73 Å². The SMILES string of the molecule is CSCC1(C(=O)OC(C)(C)C)CS[C@@H]2C(N)C(=O)N2C1. The average Bonchev–Trinajstić information content (AvgIpc) is 2.36. The van der Waals surface area contributed by atoms with Gasteiger partial charge >= 0.3 is 5.97 Å². The van der Waals surface area contributed by atoms with Gasteiger partial charge in [0.1, 0.15) is 22.4 Å². The molecule has 0 saturated carbocycles. The van der Waals surface area contributed by atoms with Crippen molar-refractivity contribution in [2.75, 3.05) is 24.3 Å². The number of nitrogens with zero attached hydrogens (tertiary/aromatic N) is 1. The summed E-state index contributed by atoms with van der Waals surface area (Å²) in [5.41, 5.74) is 4.65. The van der Waals surface area contributed by atoms with Crippen molar-refractivity contribution in [3.8, 4) is 0 Å². The molecule has 2 rings (SSSR count). The van der Waals surface area contributed by atoms with Crippen molar-refractivity contribution in [3.63, 3.8) is 0 Å². The normalized spacial score (nSPS) is 33.5. The monoisotopic (exact) mass is 318 g/mol. The summed E-state index contributed by atoms with van der Waals surface area (Å²) in [5.74, 6) is 1.04. The van der Waals surface area contributed by atoms with Crippen LogP contribution in [0.15, 0.2) is 0 Å². The van der Waals surface area contributed by atoms with Crippen LogP contribution in [0.5, 0.6) is 0 Å². The minimum atomic E-state index is -0.621. The van der Waals surface area contributed by atoms with E-state index in [1.54, 1.807) is 28.4 Å². The minimum Gasteiger partial charge on any atom is -0.459 e. The van der Waals surface area contributed by atoms with Crippen LogP contribution in [0.3, 0.4) is 0 Å². The molecule has 0 aromatic carbocycles. The lowest BCUT2D eigenvalue weighted by molar-refractivity contribution is -0.169. The number of rotatable bonds is 3. The zero-order valence-electron chi connectivity index (χ0n) is 12.3. The number of carbonyl (C=O) groups excluding carboxylic acids is 2. The van der Waals surface area contributed by atoms with Gasteiger partial charge in [-0.3, -0.25) is 9.59 Å². The second kappa shape index (κ2) is 5.42. The fraction of sp³-hybridized carbons (Fsp3) is 0.846. The number of thioether (sulfide) groups is 2. The van der Waals surface area contributed by atoms with Crippen LogP contribution in [-0.4, -0.2) is 58.1 Å². The van der Waals surface area contributed by atoms with Gasteiger partial charge in [0, 0.05) is 18.1 Å². The van der Waals surface area contributed by atoms with Gasteiger partial charge in [-0.1, -0.05) is 0 Å². The van der Waals surface area contributed by atoms with E-state index < -0.39 is 17.1 Å². The Kier molecular flexibility index (Phi) is 4.33. The van der Waals surface area contributed by atoms with Crippen molar-refractivity contribution in [1.82, 2.24) is 4.90 Å². The number of esters is 1. The van der Waals surface area contributed by atoms with E-state index in [1.165, 1.54) is 0 Å². The largest absolute Gasteiger partial charge is 0.459 e. The van der Waals surface area contributed by atoms with Gasteiger partial charge in [0.2, 0.25) is 5.91 Å². The first-order chi connectivity index (χ1) is 9.20. The molecule has 2 unspecified atom stereocenters. The molecule has 2 aliphatic rings. The molecule has 3 atom stereocenters. The summed E-state index contributed by atoms with van der Waals surface area (Å²) in [4.78, 5) is 26.1. The van der Waals surface area contributed by atoms with E-state index in [0.717, 1.165) is 0 Å². The summed E-state index contributed by atoms with van der Waals surface area (Å²) in [5, 5.41) is 0.0277. The molecular formula is C13H22N2O3S2. The van der Waals surface area contributed by atoms with Crippen molar-refractivity contribution in [2.24, 2.45) is 11.1 Å². The lowest BCUT2D eigenvalue weighted by atomic mass is 9.89. The maximum absolute atomic E-state index is 12.6. The molecule has 2 fully saturated rings. The molecule has 2 N–H and O–H groups in total. The Morgan fingerprint density at radius 3 is 2.80 bits per heavy atom. The first-order valence-electron chi connectivity index (χ1n) is 6.60. The molecule has 1 amide bonds. The highest BCUT2D eigenvalue weighted by Gasteiger charge is 2.56. The van der Waals surface area contributed by atoms with E-state index in [2.05, 4.69) is 0 Å². The second-order valence-corrected chi connectivity index (χ2v) is 8.38. The topological polar surface area (TPSA) is 72.6 Å². The van der Waals surface area contributed by atoms with Crippen LogP contribution in [0.25, 0.3) is 0 Å². The molecule has 0 aromatic heterocycles. The number of ether oxygens (including phenoxy) is 1. The van der Waals surface area contributed by atoms with Crippen LogP contribution in [0.4, 0.5) is 0 Å². The molecule has 0 aromatic rings. The minimum absolute atomic E-state index is 0.0277. The van der Waals surface area contributed by atoms with Crippen LogP contribution >= 0.6 is 23.5 Å². The predicted molar refractivity (Wildman–Crippen MR) is 82.6 cm³/mol. The molecule has 0 aliphatic carbocycles. The molecule has 5 nitrogen and oxygen atoms in total. The van der Waals surface area contributed by atoms with E-state index >= 15 is 0 Å². The molecule has 0 bridgehead atoms. The smallest absolute Gasteiger partial charge is 0.316 e. The van der Waals surface area contributed by atoms with Crippen LogP contribution in [-0.2, 0) is 14.3 Å². The number of amides is 1. The highest BCUT2D eigenvalue weighted by atomic mass is 32.2.